The molecule has 0 spiro atoms. The van der Waals surface area contributed by atoms with E-state index in [9.17, 15) is 14.0 Å². The van der Waals surface area contributed by atoms with Crippen molar-refractivity contribution in [3.05, 3.63) is 65.0 Å². The van der Waals surface area contributed by atoms with Crippen LogP contribution in [0.1, 0.15) is 39.6 Å². The minimum atomic E-state index is -0.514. The Hall–Kier alpha value is -2.49. The highest BCUT2D eigenvalue weighted by Gasteiger charge is 2.25. The van der Waals surface area contributed by atoms with Gasteiger partial charge in [-0.2, -0.15) is 0 Å². The maximum Gasteiger partial charge on any atom is 0.261 e. The average molecular weight is 297 g/mol. The fourth-order valence-electron chi connectivity index (χ4n) is 2.81. The largest absolute Gasteiger partial charge is 0.308 e. The summed E-state index contributed by atoms with van der Waals surface area (Å²) >= 11 is 0. The van der Waals surface area contributed by atoms with Gasteiger partial charge in [0.05, 0.1) is 5.56 Å². The van der Waals surface area contributed by atoms with Gasteiger partial charge in [0, 0.05) is 17.8 Å². The molecule has 1 aliphatic rings. The minimum Gasteiger partial charge on any atom is -0.308 e. The Morgan fingerprint density at radius 2 is 1.91 bits per heavy atom. The lowest BCUT2D eigenvalue weighted by atomic mass is 9.97. The molecule has 2 aromatic rings. The van der Waals surface area contributed by atoms with E-state index in [4.69, 9.17) is 0 Å². The molecule has 4 heteroatoms. The smallest absolute Gasteiger partial charge is 0.261 e. The topological polar surface area (TPSA) is 37.4 Å². The number of nitrogens with zero attached hydrogens (tertiary/aromatic N) is 1. The number of anilines is 1. The van der Waals surface area contributed by atoms with Gasteiger partial charge >= 0.3 is 0 Å². The number of rotatable bonds is 2. The maximum atomic E-state index is 13.8. The van der Waals surface area contributed by atoms with Crippen molar-refractivity contribution in [1.29, 1.82) is 0 Å². The van der Waals surface area contributed by atoms with Crippen LogP contribution < -0.4 is 4.90 Å². The summed E-state index contributed by atoms with van der Waals surface area (Å²) in [6.45, 7) is 2.08. The molecule has 2 aromatic carbocycles. The highest BCUT2D eigenvalue weighted by Crippen LogP contribution is 2.30. The molecule has 0 saturated heterocycles. The molecule has 0 atom stereocenters. The first-order valence-corrected chi connectivity index (χ1v) is 7.28. The normalized spacial score (nSPS) is 13.6. The van der Waals surface area contributed by atoms with E-state index >= 15 is 0 Å². The fraction of sp³-hybridized carbons (Fsp3) is 0.222. The lowest BCUT2D eigenvalue weighted by molar-refractivity contribution is 0.0980. The van der Waals surface area contributed by atoms with Crippen LogP contribution in [-0.2, 0) is 6.42 Å². The van der Waals surface area contributed by atoms with Crippen molar-refractivity contribution in [3.63, 3.8) is 0 Å². The van der Waals surface area contributed by atoms with Crippen LogP contribution >= 0.6 is 0 Å². The van der Waals surface area contributed by atoms with Crippen molar-refractivity contribution in [1.82, 2.24) is 0 Å². The van der Waals surface area contributed by atoms with Gasteiger partial charge in [-0.1, -0.05) is 12.1 Å². The summed E-state index contributed by atoms with van der Waals surface area (Å²) in [4.78, 5) is 25.7. The Labute approximate surface area is 128 Å². The standard InChI is InChI=1S/C18H16FNO2/c1-12(21)13-8-9-17-14(11-13)5-4-10-20(17)18(22)15-6-2-3-7-16(15)19/h2-3,6-9,11H,4-5,10H2,1H3. The second-order valence-corrected chi connectivity index (χ2v) is 5.44. The zero-order valence-electron chi connectivity index (χ0n) is 12.3. The van der Waals surface area contributed by atoms with Gasteiger partial charge in [-0.15, -0.1) is 0 Å². The number of hydrogen-bond donors (Lipinski definition) is 0. The van der Waals surface area contributed by atoms with Crippen LogP contribution in [0.4, 0.5) is 10.1 Å². The van der Waals surface area contributed by atoms with E-state index in [1.54, 1.807) is 29.2 Å². The van der Waals surface area contributed by atoms with Crippen LogP contribution in [0.25, 0.3) is 0 Å². The highest BCUT2D eigenvalue weighted by molar-refractivity contribution is 6.07. The van der Waals surface area contributed by atoms with Crippen LogP contribution in [0.2, 0.25) is 0 Å². The van der Waals surface area contributed by atoms with Crippen LogP contribution in [-0.4, -0.2) is 18.2 Å². The molecule has 112 valence electrons. The molecule has 1 aliphatic heterocycles. The number of hydrogen-bond acceptors (Lipinski definition) is 2. The third-order valence-electron chi connectivity index (χ3n) is 3.95. The number of fused-ring (bicyclic) bond motifs is 1. The minimum absolute atomic E-state index is 0.000328. The van der Waals surface area contributed by atoms with E-state index in [1.165, 1.54) is 19.1 Å². The first-order valence-electron chi connectivity index (χ1n) is 7.28. The molecule has 0 unspecified atom stereocenters. The van der Waals surface area contributed by atoms with Crippen LogP contribution in [0, 0.1) is 5.82 Å². The van der Waals surface area contributed by atoms with E-state index in [2.05, 4.69) is 0 Å². The van der Waals surface area contributed by atoms with Crippen LogP contribution in [0.3, 0.4) is 0 Å². The Morgan fingerprint density at radius 3 is 2.64 bits per heavy atom. The van der Waals surface area contributed by atoms with E-state index in [0.29, 0.717) is 12.1 Å². The summed E-state index contributed by atoms with van der Waals surface area (Å²) in [6.07, 6.45) is 1.62. The van der Waals surface area contributed by atoms with Crippen LogP contribution in [0.15, 0.2) is 42.5 Å². The third-order valence-corrected chi connectivity index (χ3v) is 3.95. The Morgan fingerprint density at radius 1 is 1.14 bits per heavy atom. The number of aryl methyl sites for hydroxylation is 1. The maximum absolute atomic E-state index is 13.8. The first kappa shape index (κ1) is 14.4. The highest BCUT2D eigenvalue weighted by atomic mass is 19.1. The Kier molecular flexibility index (Phi) is 3.75. The fourth-order valence-corrected chi connectivity index (χ4v) is 2.81. The number of carbonyl (C=O) groups excluding carboxylic acids is 2. The zero-order valence-corrected chi connectivity index (χ0v) is 12.3. The number of carbonyl (C=O) groups is 2. The summed E-state index contributed by atoms with van der Waals surface area (Å²) < 4.78 is 13.8. The van der Waals surface area contributed by atoms with Crippen molar-refractivity contribution < 1.29 is 14.0 Å². The lowest BCUT2D eigenvalue weighted by Gasteiger charge is -2.30. The van der Waals surface area contributed by atoms with Gasteiger partial charge in [-0.05, 0) is 55.7 Å². The predicted molar refractivity (Wildman–Crippen MR) is 82.8 cm³/mol. The second kappa shape index (κ2) is 5.72. The molecule has 0 fully saturated rings. The van der Waals surface area contributed by atoms with Gasteiger partial charge in [0.25, 0.3) is 5.91 Å². The van der Waals surface area contributed by atoms with E-state index in [1.807, 2.05) is 6.07 Å². The van der Waals surface area contributed by atoms with Crippen molar-refractivity contribution in [3.8, 4) is 0 Å². The van der Waals surface area contributed by atoms with Crippen molar-refractivity contribution in [2.75, 3.05) is 11.4 Å². The predicted octanol–water partition coefficient (Wildman–Crippen LogP) is 3.62. The molecule has 0 bridgehead atoms. The molecule has 0 N–H and O–H groups in total. The molecule has 0 saturated carbocycles. The Balaban J connectivity index is 2.00. The van der Waals surface area contributed by atoms with Gasteiger partial charge < -0.3 is 4.90 Å². The average Bonchev–Trinajstić information content (AvgIpc) is 2.53. The zero-order chi connectivity index (χ0) is 15.7. The number of ketones is 1. The second-order valence-electron chi connectivity index (χ2n) is 5.44. The summed E-state index contributed by atoms with van der Waals surface area (Å²) in [5.74, 6) is -0.852. The molecule has 1 amide bonds. The van der Waals surface area contributed by atoms with E-state index < -0.39 is 5.82 Å². The molecule has 3 rings (SSSR count). The van der Waals surface area contributed by atoms with Gasteiger partial charge in [-0.3, -0.25) is 9.59 Å². The number of halogens is 1. The quantitative estimate of drug-likeness (QED) is 0.794. The summed E-state index contributed by atoms with van der Waals surface area (Å²) in [6, 6.07) is 11.3. The summed E-state index contributed by atoms with van der Waals surface area (Å²) in [5, 5.41) is 0. The van der Waals surface area contributed by atoms with Gasteiger partial charge in [0.2, 0.25) is 0 Å². The lowest BCUT2D eigenvalue weighted by Crippen LogP contribution is -2.36. The molecular formula is C18H16FNO2. The van der Waals surface area contributed by atoms with Gasteiger partial charge in [0.1, 0.15) is 5.82 Å². The van der Waals surface area contributed by atoms with E-state index in [-0.39, 0.29) is 17.3 Å². The van der Waals surface area contributed by atoms with E-state index in [0.717, 1.165) is 24.1 Å². The monoisotopic (exact) mass is 297 g/mol. The first-order chi connectivity index (χ1) is 10.6. The van der Waals surface area contributed by atoms with Crippen LogP contribution in [0.5, 0.6) is 0 Å². The summed E-state index contributed by atoms with van der Waals surface area (Å²) in [5.41, 5.74) is 2.44. The molecule has 3 nitrogen and oxygen atoms in total. The molecule has 0 aromatic heterocycles. The number of Topliss-reactive ketones (excluding diaryl/α,β-unsaturated/α-hetero) is 1. The molecular weight excluding hydrogens is 281 g/mol. The van der Waals surface area contributed by atoms with Crippen molar-refractivity contribution in [2.24, 2.45) is 0 Å². The molecule has 0 aliphatic carbocycles. The van der Waals surface area contributed by atoms with Gasteiger partial charge in [-0.25, -0.2) is 4.39 Å². The summed E-state index contributed by atoms with van der Waals surface area (Å²) in [7, 11) is 0. The number of benzene rings is 2. The molecule has 1 heterocycles. The van der Waals surface area contributed by atoms with Gasteiger partial charge in [0.15, 0.2) is 5.78 Å². The van der Waals surface area contributed by atoms with Crippen molar-refractivity contribution in [2.45, 2.75) is 19.8 Å². The third kappa shape index (κ3) is 2.52. The Bertz CT molecular complexity index is 755. The SMILES string of the molecule is CC(=O)c1ccc2c(c1)CCCN2C(=O)c1ccccc1F. The molecule has 22 heavy (non-hydrogen) atoms. The number of amides is 1. The van der Waals surface area contributed by atoms with Crippen molar-refractivity contribution >= 4 is 17.4 Å². The molecule has 0 radical (unpaired) electrons.